The van der Waals surface area contributed by atoms with Gasteiger partial charge in [-0.15, -0.1) is 0 Å². The van der Waals surface area contributed by atoms with Gasteiger partial charge in [-0.1, -0.05) is 6.07 Å². The molecule has 1 aliphatic carbocycles. The van der Waals surface area contributed by atoms with Gasteiger partial charge in [-0.25, -0.2) is 12.8 Å². The summed E-state index contributed by atoms with van der Waals surface area (Å²) in [5.41, 5.74) is -1.39. The van der Waals surface area contributed by atoms with E-state index >= 15 is 0 Å². The SMILES string of the molecule is CO[C@@H]1C[C@H](S(=O)(=O)c2ccc(-c3ccc(F)cn3)cc2C(F)(F)F)C[C@H]1C(=O)O. The Hall–Kier alpha value is -2.53. The molecule has 1 aromatic carbocycles. The van der Waals surface area contributed by atoms with Crippen molar-refractivity contribution in [2.45, 2.75) is 35.3 Å². The van der Waals surface area contributed by atoms with Gasteiger partial charge in [-0.3, -0.25) is 9.78 Å². The Morgan fingerprint density at radius 2 is 1.90 bits per heavy atom. The zero-order valence-corrected chi connectivity index (χ0v) is 16.4. The Bertz CT molecular complexity index is 1050. The molecule has 0 amide bonds. The number of aromatic nitrogens is 1. The fourth-order valence-electron chi connectivity index (χ4n) is 3.61. The van der Waals surface area contributed by atoms with E-state index in [0.29, 0.717) is 6.07 Å². The molecule has 3 rings (SSSR count). The lowest BCUT2D eigenvalue weighted by Gasteiger charge is -2.18. The summed E-state index contributed by atoms with van der Waals surface area (Å²) in [4.78, 5) is 14.1. The third kappa shape index (κ3) is 4.17. The number of hydrogen-bond donors (Lipinski definition) is 1. The van der Waals surface area contributed by atoms with Gasteiger partial charge in [0.25, 0.3) is 0 Å². The standard InChI is InChI=1S/C19H17F4NO5S/c1-29-16-8-12(7-13(16)18(25)26)30(27,28)17-5-2-10(6-14(17)19(21,22)23)15-4-3-11(20)9-24-15/h2-6,9,12-13,16H,7-8H2,1H3,(H,25,26)/t12-,13-,16-/m1/s1. The van der Waals surface area contributed by atoms with Crippen molar-refractivity contribution in [1.82, 2.24) is 4.98 Å². The lowest BCUT2D eigenvalue weighted by Crippen LogP contribution is -2.24. The molecule has 162 valence electrons. The zero-order chi connectivity index (χ0) is 22.3. The Labute approximate surface area is 169 Å². The average Bonchev–Trinajstić information content (AvgIpc) is 3.13. The summed E-state index contributed by atoms with van der Waals surface area (Å²) in [6, 6.07) is 4.82. The lowest BCUT2D eigenvalue weighted by molar-refractivity contribution is -0.145. The quantitative estimate of drug-likeness (QED) is 0.705. The van der Waals surface area contributed by atoms with Crippen LogP contribution in [0.15, 0.2) is 41.4 Å². The number of carboxylic acids is 1. The number of pyridine rings is 1. The van der Waals surface area contributed by atoms with E-state index in [2.05, 4.69) is 4.98 Å². The highest BCUT2D eigenvalue weighted by Gasteiger charge is 2.47. The van der Waals surface area contributed by atoms with E-state index in [4.69, 9.17) is 4.74 Å². The molecule has 0 spiro atoms. The molecule has 1 heterocycles. The number of methoxy groups -OCH3 is 1. The Morgan fingerprint density at radius 3 is 2.40 bits per heavy atom. The second kappa shape index (κ2) is 7.95. The molecule has 6 nitrogen and oxygen atoms in total. The van der Waals surface area contributed by atoms with Crippen molar-refractivity contribution < 1.29 is 40.6 Å². The summed E-state index contributed by atoms with van der Waals surface area (Å²) in [5.74, 6) is -3.07. The largest absolute Gasteiger partial charge is 0.481 e. The van der Waals surface area contributed by atoms with E-state index in [0.717, 1.165) is 24.4 Å². The van der Waals surface area contributed by atoms with Gasteiger partial charge in [-0.2, -0.15) is 13.2 Å². The molecule has 1 aromatic heterocycles. The molecule has 2 aromatic rings. The van der Waals surface area contributed by atoms with Crippen LogP contribution in [0.1, 0.15) is 18.4 Å². The van der Waals surface area contributed by atoms with Crippen molar-refractivity contribution in [3.05, 3.63) is 47.9 Å². The number of rotatable bonds is 5. The molecular formula is C19H17F4NO5S. The number of benzene rings is 1. The van der Waals surface area contributed by atoms with Crippen molar-refractivity contribution in [2.24, 2.45) is 5.92 Å². The summed E-state index contributed by atoms with van der Waals surface area (Å²) < 4.78 is 85.2. The fraction of sp³-hybridized carbons (Fsp3) is 0.368. The topological polar surface area (TPSA) is 93.6 Å². The molecule has 0 radical (unpaired) electrons. The normalized spacial score (nSPS) is 22.2. The van der Waals surface area contributed by atoms with Crippen LogP contribution in [0.2, 0.25) is 0 Å². The van der Waals surface area contributed by atoms with Crippen LogP contribution in [0.25, 0.3) is 11.3 Å². The molecule has 30 heavy (non-hydrogen) atoms. The number of hydrogen-bond acceptors (Lipinski definition) is 5. The lowest BCUT2D eigenvalue weighted by atomic mass is 10.1. The van der Waals surface area contributed by atoms with Gasteiger partial charge in [0, 0.05) is 12.7 Å². The molecular weight excluding hydrogens is 430 g/mol. The predicted molar refractivity (Wildman–Crippen MR) is 96.8 cm³/mol. The second-order valence-electron chi connectivity index (χ2n) is 6.93. The molecule has 0 saturated heterocycles. The van der Waals surface area contributed by atoms with E-state index in [1.807, 2.05) is 0 Å². The van der Waals surface area contributed by atoms with E-state index < -0.39 is 55.5 Å². The van der Waals surface area contributed by atoms with Crippen LogP contribution in [0.3, 0.4) is 0 Å². The molecule has 1 aliphatic rings. The van der Waals surface area contributed by atoms with Crippen LogP contribution in [0, 0.1) is 11.7 Å². The van der Waals surface area contributed by atoms with Crippen molar-refractivity contribution in [3.63, 3.8) is 0 Å². The Kier molecular flexibility index (Phi) is 5.87. The molecule has 1 N–H and O–H groups in total. The number of ether oxygens (including phenoxy) is 1. The van der Waals surface area contributed by atoms with Crippen molar-refractivity contribution in [2.75, 3.05) is 7.11 Å². The van der Waals surface area contributed by atoms with E-state index in [9.17, 15) is 35.9 Å². The molecule has 11 heteroatoms. The van der Waals surface area contributed by atoms with E-state index in [1.165, 1.54) is 13.2 Å². The van der Waals surface area contributed by atoms with Crippen LogP contribution in [-0.4, -0.2) is 42.9 Å². The fourth-order valence-corrected chi connectivity index (χ4v) is 5.62. The molecule has 3 atom stereocenters. The smallest absolute Gasteiger partial charge is 0.417 e. The molecule has 0 bridgehead atoms. The third-order valence-corrected chi connectivity index (χ3v) is 7.37. The highest BCUT2D eigenvalue weighted by Crippen LogP contribution is 2.41. The minimum absolute atomic E-state index is 0.0362. The highest BCUT2D eigenvalue weighted by molar-refractivity contribution is 7.92. The first kappa shape index (κ1) is 22.2. The number of halogens is 4. The van der Waals surface area contributed by atoms with Crippen molar-refractivity contribution in [1.29, 1.82) is 0 Å². The van der Waals surface area contributed by atoms with Crippen LogP contribution in [-0.2, 0) is 25.5 Å². The van der Waals surface area contributed by atoms with Gasteiger partial charge in [0.2, 0.25) is 0 Å². The van der Waals surface area contributed by atoms with Gasteiger partial charge in [0.05, 0.1) is 39.6 Å². The minimum atomic E-state index is -5.00. The summed E-state index contributed by atoms with van der Waals surface area (Å²) in [7, 11) is -3.29. The number of carboxylic acid groups (broad SMARTS) is 1. The first-order chi connectivity index (χ1) is 13.9. The number of carbonyl (C=O) groups is 1. The highest BCUT2D eigenvalue weighted by atomic mass is 32.2. The first-order valence-electron chi connectivity index (χ1n) is 8.77. The van der Waals surface area contributed by atoms with E-state index in [-0.39, 0.29) is 24.1 Å². The maximum Gasteiger partial charge on any atom is 0.417 e. The number of nitrogens with zero attached hydrogens (tertiary/aromatic N) is 1. The summed E-state index contributed by atoms with van der Waals surface area (Å²) in [5, 5.41) is 7.91. The van der Waals surface area contributed by atoms with Crippen LogP contribution in [0.4, 0.5) is 17.6 Å². The molecule has 1 fully saturated rings. The maximum atomic E-state index is 13.7. The summed E-state index contributed by atoms with van der Waals surface area (Å²) in [6.45, 7) is 0. The number of aliphatic carboxylic acids is 1. The van der Waals surface area contributed by atoms with Crippen molar-refractivity contribution in [3.8, 4) is 11.3 Å². The number of alkyl halides is 3. The second-order valence-corrected chi connectivity index (χ2v) is 9.12. The Balaban J connectivity index is 2.06. The van der Waals surface area contributed by atoms with Gasteiger partial charge in [-0.05, 0) is 37.1 Å². The van der Waals surface area contributed by atoms with Gasteiger partial charge in [0.1, 0.15) is 5.82 Å². The third-order valence-electron chi connectivity index (χ3n) is 5.13. The average molecular weight is 447 g/mol. The van der Waals surface area contributed by atoms with E-state index in [1.54, 1.807) is 0 Å². The van der Waals surface area contributed by atoms with Gasteiger partial charge in [0.15, 0.2) is 9.84 Å². The zero-order valence-electron chi connectivity index (χ0n) is 15.6. The van der Waals surface area contributed by atoms with Crippen molar-refractivity contribution >= 4 is 15.8 Å². The molecule has 0 aliphatic heterocycles. The van der Waals surface area contributed by atoms with Crippen LogP contribution in [0.5, 0.6) is 0 Å². The maximum absolute atomic E-state index is 13.7. The van der Waals surface area contributed by atoms with Crippen LogP contribution < -0.4 is 0 Å². The summed E-state index contributed by atoms with van der Waals surface area (Å²) >= 11 is 0. The molecule has 1 saturated carbocycles. The van der Waals surface area contributed by atoms with Gasteiger partial charge >= 0.3 is 12.1 Å². The minimum Gasteiger partial charge on any atom is -0.481 e. The summed E-state index contributed by atoms with van der Waals surface area (Å²) in [6.07, 6.45) is -5.66. The first-order valence-corrected chi connectivity index (χ1v) is 10.3. The molecule has 0 unspecified atom stereocenters. The van der Waals surface area contributed by atoms with Gasteiger partial charge < -0.3 is 9.84 Å². The van der Waals surface area contributed by atoms with Crippen LogP contribution >= 0.6 is 0 Å². The Morgan fingerprint density at radius 1 is 1.20 bits per heavy atom. The number of sulfone groups is 1. The monoisotopic (exact) mass is 447 g/mol. The predicted octanol–water partition coefficient (Wildman–Crippen LogP) is 3.56.